The summed E-state index contributed by atoms with van der Waals surface area (Å²) >= 11 is 0. The first-order valence-electron chi connectivity index (χ1n) is 8.00. The van der Waals surface area contributed by atoms with E-state index in [9.17, 15) is 18.9 Å². The molecule has 26 heavy (non-hydrogen) atoms. The van der Waals surface area contributed by atoms with Crippen molar-refractivity contribution in [1.29, 1.82) is 0 Å². The van der Waals surface area contributed by atoms with Crippen molar-refractivity contribution < 1.29 is 13.7 Å². The molecule has 0 aliphatic carbocycles. The average Bonchev–Trinajstić information content (AvgIpc) is 2.96. The van der Waals surface area contributed by atoms with Gasteiger partial charge in [0.15, 0.2) is 0 Å². The fourth-order valence-corrected chi connectivity index (χ4v) is 2.90. The summed E-state index contributed by atoms with van der Waals surface area (Å²) < 4.78 is 27.9. The molecule has 2 heterocycles. The zero-order valence-electron chi connectivity index (χ0n) is 14.1. The van der Waals surface area contributed by atoms with E-state index in [0.717, 1.165) is 11.6 Å². The van der Waals surface area contributed by atoms with E-state index in [2.05, 4.69) is 16.8 Å². The Labute approximate surface area is 148 Å². The molecular formula is C18H16F2N4O2. The second kappa shape index (κ2) is 7.35. The Balaban J connectivity index is 1.68. The molecule has 0 saturated carbocycles. The Kier molecular flexibility index (Phi) is 4.98. The van der Waals surface area contributed by atoms with Gasteiger partial charge in [0, 0.05) is 31.8 Å². The third-order valence-corrected chi connectivity index (χ3v) is 4.12. The SMILES string of the molecule is Cn1cnc([N+](=O)[O-])c1N1CCC(=CC#Cc2cc(F)cc(F)c2)CC1. The maximum Gasteiger partial charge on any atom is 0.406 e. The minimum atomic E-state index is -0.659. The van der Waals surface area contributed by atoms with Gasteiger partial charge in [0.2, 0.25) is 12.1 Å². The van der Waals surface area contributed by atoms with E-state index >= 15 is 0 Å². The fourth-order valence-electron chi connectivity index (χ4n) is 2.90. The van der Waals surface area contributed by atoms with Crippen molar-refractivity contribution in [3.63, 3.8) is 0 Å². The molecule has 3 rings (SSSR count). The lowest BCUT2D eigenvalue weighted by Crippen LogP contribution is -2.32. The number of aryl methyl sites for hydroxylation is 1. The smallest absolute Gasteiger partial charge is 0.358 e. The van der Waals surface area contributed by atoms with E-state index in [0.29, 0.717) is 31.7 Å². The number of allylic oxidation sites excluding steroid dienone is 1. The van der Waals surface area contributed by atoms with Crippen molar-refractivity contribution in [2.24, 2.45) is 7.05 Å². The number of nitrogens with zero attached hydrogens (tertiary/aromatic N) is 4. The van der Waals surface area contributed by atoms with Gasteiger partial charge < -0.3 is 15.0 Å². The van der Waals surface area contributed by atoms with Crippen LogP contribution in [0.5, 0.6) is 0 Å². The number of nitro groups is 1. The summed E-state index contributed by atoms with van der Waals surface area (Å²) in [7, 11) is 1.73. The molecule has 134 valence electrons. The molecule has 1 aromatic heterocycles. The summed E-state index contributed by atoms with van der Waals surface area (Å²) in [5, 5.41) is 11.1. The van der Waals surface area contributed by atoms with E-state index in [1.54, 1.807) is 17.7 Å². The Bertz CT molecular complexity index is 910. The molecule has 0 spiro atoms. The second-order valence-electron chi connectivity index (χ2n) is 5.98. The molecule has 0 atom stereocenters. The fraction of sp³-hybridized carbons (Fsp3) is 0.278. The molecular weight excluding hydrogens is 342 g/mol. The molecule has 0 N–H and O–H groups in total. The number of halogens is 2. The van der Waals surface area contributed by atoms with Crippen molar-refractivity contribution in [1.82, 2.24) is 9.55 Å². The van der Waals surface area contributed by atoms with Gasteiger partial charge in [0.05, 0.1) is 0 Å². The standard InChI is InChI=1S/C18H16F2N4O2/c1-22-12-21-17(24(25)26)18(22)23-7-5-13(6-8-23)3-2-4-14-9-15(19)11-16(20)10-14/h3,9-12H,5-8H2,1H3. The number of rotatable bonds is 2. The van der Waals surface area contributed by atoms with Gasteiger partial charge >= 0.3 is 5.82 Å². The van der Waals surface area contributed by atoms with Gasteiger partial charge in [0.1, 0.15) is 11.6 Å². The Hall–Kier alpha value is -3.21. The second-order valence-corrected chi connectivity index (χ2v) is 5.98. The van der Waals surface area contributed by atoms with Crippen LogP contribution in [-0.4, -0.2) is 27.6 Å². The first-order valence-corrected chi connectivity index (χ1v) is 8.00. The lowest BCUT2D eigenvalue weighted by atomic mass is 10.0. The van der Waals surface area contributed by atoms with Crippen molar-refractivity contribution in [3.05, 3.63) is 63.5 Å². The summed E-state index contributed by atoms with van der Waals surface area (Å²) in [5.41, 5.74) is 1.37. The predicted molar refractivity (Wildman–Crippen MR) is 92.6 cm³/mol. The van der Waals surface area contributed by atoms with Gasteiger partial charge in [-0.2, -0.15) is 0 Å². The van der Waals surface area contributed by atoms with Crippen LogP contribution in [0.1, 0.15) is 18.4 Å². The maximum atomic E-state index is 13.1. The molecule has 0 radical (unpaired) electrons. The van der Waals surface area contributed by atoms with Crippen molar-refractivity contribution >= 4 is 11.6 Å². The molecule has 6 nitrogen and oxygen atoms in total. The average molecular weight is 358 g/mol. The minimum absolute atomic E-state index is 0.146. The van der Waals surface area contributed by atoms with Crippen LogP contribution in [0.2, 0.25) is 0 Å². The summed E-state index contributed by atoms with van der Waals surface area (Å²) in [5.74, 6) is 4.58. The van der Waals surface area contributed by atoms with Crippen LogP contribution in [0, 0.1) is 33.6 Å². The van der Waals surface area contributed by atoms with Gasteiger partial charge in [-0.15, -0.1) is 0 Å². The Morgan fingerprint density at radius 1 is 1.23 bits per heavy atom. The van der Waals surface area contributed by atoms with Crippen molar-refractivity contribution in [3.8, 4) is 11.8 Å². The highest BCUT2D eigenvalue weighted by atomic mass is 19.1. The molecule has 2 aromatic rings. The number of hydrogen-bond acceptors (Lipinski definition) is 4. The molecule has 0 amide bonds. The van der Waals surface area contributed by atoms with E-state index < -0.39 is 16.6 Å². The summed E-state index contributed by atoms with van der Waals surface area (Å²) in [6, 6.07) is 3.16. The molecule has 1 aromatic carbocycles. The minimum Gasteiger partial charge on any atom is -0.358 e. The number of anilines is 1. The third kappa shape index (κ3) is 3.88. The quantitative estimate of drug-likeness (QED) is 0.470. The third-order valence-electron chi connectivity index (χ3n) is 4.12. The first-order chi connectivity index (χ1) is 12.4. The summed E-state index contributed by atoms with van der Waals surface area (Å²) in [4.78, 5) is 16.4. The largest absolute Gasteiger partial charge is 0.406 e. The summed E-state index contributed by atoms with van der Waals surface area (Å²) in [6.45, 7) is 1.23. The molecule has 1 aliphatic rings. The highest BCUT2D eigenvalue weighted by Gasteiger charge is 2.27. The lowest BCUT2D eigenvalue weighted by Gasteiger charge is -2.29. The van der Waals surface area contributed by atoms with Crippen LogP contribution in [0.25, 0.3) is 0 Å². The lowest BCUT2D eigenvalue weighted by molar-refractivity contribution is -0.388. The number of imidazole rings is 1. The Morgan fingerprint density at radius 2 is 1.88 bits per heavy atom. The van der Waals surface area contributed by atoms with Crippen LogP contribution in [-0.2, 0) is 7.05 Å². The number of hydrogen-bond donors (Lipinski definition) is 0. The first kappa shape index (κ1) is 17.6. The van der Waals surface area contributed by atoms with E-state index in [4.69, 9.17) is 0 Å². The van der Waals surface area contributed by atoms with Gasteiger partial charge in [-0.05, 0) is 41.0 Å². The molecule has 1 aliphatic heterocycles. The molecule has 1 saturated heterocycles. The van der Waals surface area contributed by atoms with Gasteiger partial charge in [-0.3, -0.25) is 4.57 Å². The highest BCUT2D eigenvalue weighted by Crippen LogP contribution is 2.29. The van der Waals surface area contributed by atoms with E-state index in [1.165, 1.54) is 18.5 Å². The molecule has 8 heteroatoms. The molecule has 0 unspecified atom stereocenters. The van der Waals surface area contributed by atoms with Crippen molar-refractivity contribution in [2.75, 3.05) is 18.0 Å². The Morgan fingerprint density at radius 3 is 2.50 bits per heavy atom. The van der Waals surface area contributed by atoms with E-state index in [-0.39, 0.29) is 11.4 Å². The number of aromatic nitrogens is 2. The van der Waals surface area contributed by atoms with E-state index in [1.807, 2.05) is 4.90 Å². The zero-order valence-corrected chi connectivity index (χ0v) is 14.1. The van der Waals surface area contributed by atoms with Crippen LogP contribution in [0.15, 0.2) is 36.2 Å². The number of benzene rings is 1. The maximum absolute atomic E-state index is 13.1. The van der Waals surface area contributed by atoms with Crippen molar-refractivity contribution in [2.45, 2.75) is 12.8 Å². The monoisotopic (exact) mass is 358 g/mol. The highest BCUT2D eigenvalue weighted by molar-refractivity contribution is 5.55. The zero-order chi connectivity index (χ0) is 18.7. The van der Waals surface area contributed by atoms with Gasteiger partial charge in [0.25, 0.3) is 0 Å². The van der Waals surface area contributed by atoms with Crippen LogP contribution in [0.4, 0.5) is 20.4 Å². The normalized spacial score (nSPS) is 14.0. The molecule has 1 fully saturated rings. The topological polar surface area (TPSA) is 64.2 Å². The van der Waals surface area contributed by atoms with Crippen LogP contribution >= 0.6 is 0 Å². The molecule has 0 bridgehead atoms. The predicted octanol–water partition coefficient (Wildman–Crippen LogP) is 3.18. The van der Waals surface area contributed by atoms with Crippen LogP contribution in [0.3, 0.4) is 0 Å². The number of piperidine rings is 1. The van der Waals surface area contributed by atoms with Gasteiger partial charge in [-0.25, -0.2) is 8.78 Å². The van der Waals surface area contributed by atoms with Gasteiger partial charge in [-0.1, -0.05) is 17.4 Å². The van der Waals surface area contributed by atoms with Crippen LogP contribution < -0.4 is 4.90 Å². The summed E-state index contributed by atoms with van der Waals surface area (Å²) in [6.07, 6.45) is 4.59.